The van der Waals surface area contributed by atoms with E-state index in [4.69, 9.17) is 50.4 Å². The number of carbonyl (C=O) groups excluding carboxylic acids is 8. The average molecular weight is 1370 g/mol. The molecule has 0 radical (unpaired) electrons. The molecule has 2 aromatic rings. The number of hydrogen-bond donors (Lipinski definition) is 9. The summed E-state index contributed by atoms with van der Waals surface area (Å²) in [5.74, 6) is -14.3. The van der Waals surface area contributed by atoms with Gasteiger partial charge in [0.1, 0.15) is 43.1 Å². The third-order valence-electron chi connectivity index (χ3n) is 14.7. The minimum absolute atomic E-state index is 0.0199. The van der Waals surface area contributed by atoms with Gasteiger partial charge in [0, 0.05) is 71.5 Å². The zero-order valence-corrected chi connectivity index (χ0v) is 54.7. The Kier molecular flexibility index (Phi) is 27.2. The molecular weight excluding hydrogens is 1280 g/mol. The Bertz CT molecular complexity index is 3100. The third-order valence-corrected chi connectivity index (χ3v) is 17.9. The maximum atomic E-state index is 14.9. The molecule has 12 N–H and O–H groups in total. The zero-order valence-electron chi connectivity index (χ0n) is 53.1. The number of rotatable bonds is 34. The lowest BCUT2D eigenvalue weighted by Gasteiger charge is -2.37. The Hall–Kier alpha value is -6.54. The fraction of sp³-hybridized carbons (Fsp3) is 0.719. The zero-order chi connectivity index (χ0) is 69.6. The molecule has 36 heteroatoms. The standard InChI is InChI=1S/C57H85F4N11O19S2/c1-52(2,3)47(82)55(9,64)18-23-89-54(7,8)17-12-38(73)67-30(45(80)65-19-13-39(74)87-26-41(76)85-24-32-43(78)56(58,59)48(90-32)71-21-15-36(62)68-50(71)83)28-92-34-10-11-35(34)93-29-31(70-53(4,5)6)46(81)66-20-14-40(75)88-27-42(77)86-25-33-44(79)57(60,61)49(91-33)72-22-16-37(63)69-51(72)84/h15-16,21-22,30-35,43-44,48-49,70,78-79H,10-14,17-20,23-29,64H2,1-9H3,(H,65,80)(H,66,81)(H,67,73)(H2,62,68,83)(H2,63,69,84)/t30?,31?,32-,33-,34?,35?,43-,44-,48-,49-,55?/m0/s1. The highest BCUT2D eigenvalue weighted by atomic mass is 32.2. The highest BCUT2D eigenvalue weighted by molar-refractivity contribution is 8.04. The van der Waals surface area contributed by atoms with Gasteiger partial charge in [0.15, 0.2) is 31.2 Å². The van der Waals surface area contributed by atoms with Crippen LogP contribution in [0.5, 0.6) is 0 Å². The number of aliphatic hydroxyl groups excluding tert-OH is 2. The molecule has 30 nitrogen and oxygen atoms in total. The molecule has 0 bridgehead atoms. The minimum Gasteiger partial charge on any atom is -0.460 e. The van der Waals surface area contributed by atoms with Crippen molar-refractivity contribution in [3.63, 3.8) is 0 Å². The number of nitrogens with two attached hydrogens (primary N) is 3. The van der Waals surface area contributed by atoms with Gasteiger partial charge in [0.05, 0.1) is 30.0 Å². The van der Waals surface area contributed by atoms with E-state index >= 15 is 0 Å². The van der Waals surface area contributed by atoms with Crippen molar-refractivity contribution in [2.45, 2.75) is 195 Å². The average Bonchev–Trinajstić information content (AvgIpc) is 1.64. The molecule has 5 rings (SSSR count). The second-order valence-electron chi connectivity index (χ2n) is 25.4. The molecule has 1 aliphatic carbocycles. The van der Waals surface area contributed by atoms with E-state index in [0.29, 0.717) is 15.6 Å². The van der Waals surface area contributed by atoms with Gasteiger partial charge in [-0.2, -0.15) is 51.1 Å². The molecule has 2 aromatic heterocycles. The van der Waals surface area contributed by atoms with Gasteiger partial charge in [-0.15, -0.1) is 0 Å². The maximum Gasteiger partial charge on any atom is 0.351 e. The number of anilines is 2. The van der Waals surface area contributed by atoms with Crippen LogP contribution in [0.15, 0.2) is 34.1 Å². The quantitative estimate of drug-likeness (QED) is 0.0256. The summed E-state index contributed by atoms with van der Waals surface area (Å²) in [4.78, 5) is 135. The highest BCUT2D eigenvalue weighted by Gasteiger charge is 2.61. The number of Topliss-reactive ketones (excluding diaryl/α,β-unsaturated/α-hetero) is 1. The second-order valence-corrected chi connectivity index (χ2v) is 27.9. The molecule has 0 aromatic carbocycles. The molecule has 4 heterocycles. The largest absolute Gasteiger partial charge is 0.460 e. The van der Waals surface area contributed by atoms with Gasteiger partial charge in [-0.05, 0) is 79.4 Å². The third kappa shape index (κ3) is 22.8. The van der Waals surface area contributed by atoms with Crippen molar-refractivity contribution in [1.29, 1.82) is 0 Å². The lowest BCUT2D eigenvalue weighted by atomic mass is 9.78. The van der Waals surface area contributed by atoms with E-state index in [0.717, 1.165) is 30.9 Å². The second kappa shape index (κ2) is 32.7. The minimum atomic E-state index is -4.03. The number of thioether (sulfide) groups is 2. The molecule has 11 atom stereocenters. The predicted octanol–water partition coefficient (Wildman–Crippen LogP) is 0.174. The fourth-order valence-electron chi connectivity index (χ4n) is 9.51. The van der Waals surface area contributed by atoms with Crippen LogP contribution in [0.4, 0.5) is 29.2 Å². The first-order chi connectivity index (χ1) is 43.1. The van der Waals surface area contributed by atoms with Crippen LogP contribution < -0.4 is 49.8 Å². The van der Waals surface area contributed by atoms with Gasteiger partial charge in [0.25, 0.3) is 0 Å². The van der Waals surface area contributed by atoms with Crippen LogP contribution in [-0.2, 0) is 71.5 Å². The number of aliphatic hydroxyl groups is 2. The maximum absolute atomic E-state index is 14.9. The van der Waals surface area contributed by atoms with Crippen LogP contribution in [0.2, 0.25) is 0 Å². The summed E-state index contributed by atoms with van der Waals surface area (Å²) in [5, 5.41) is 31.7. The van der Waals surface area contributed by atoms with Crippen LogP contribution in [0, 0.1) is 5.41 Å². The first-order valence-corrected chi connectivity index (χ1v) is 31.8. The van der Waals surface area contributed by atoms with E-state index in [1.54, 1.807) is 41.5 Å². The number of ketones is 1. The van der Waals surface area contributed by atoms with Crippen LogP contribution in [-0.4, -0.2) is 210 Å². The van der Waals surface area contributed by atoms with Crippen molar-refractivity contribution in [3.8, 4) is 0 Å². The first kappa shape index (κ1) is 77.2. The Morgan fingerprint density at radius 2 is 1.10 bits per heavy atom. The topological polar surface area (TPSA) is 438 Å². The van der Waals surface area contributed by atoms with Crippen LogP contribution in [0.25, 0.3) is 0 Å². The lowest BCUT2D eigenvalue weighted by Crippen LogP contribution is -2.53. The van der Waals surface area contributed by atoms with Crippen molar-refractivity contribution in [2.75, 3.05) is 69.1 Å². The summed E-state index contributed by atoms with van der Waals surface area (Å²) < 4.78 is 96.5. The number of aromatic nitrogens is 4. The van der Waals surface area contributed by atoms with Crippen LogP contribution >= 0.6 is 23.5 Å². The summed E-state index contributed by atoms with van der Waals surface area (Å²) in [6, 6.07) is 0.205. The molecule has 93 heavy (non-hydrogen) atoms. The molecule has 522 valence electrons. The number of halogens is 4. The van der Waals surface area contributed by atoms with Gasteiger partial charge in [-0.1, -0.05) is 20.8 Å². The molecule has 5 unspecified atom stereocenters. The number of carbonyl (C=O) groups is 8. The monoisotopic (exact) mass is 1370 g/mol. The molecule has 3 fully saturated rings. The van der Waals surface area contributed by atoms with Crippen LogP contribution in [0.3, 0.4) is 0 Å². The number of amides is 3. The smallest absolute Gasteiger partial charge is 0.351 e. The predicted molar refractivity (Wildman–Crippen MR) is 326 cm³/mol. The summed E-state index contributed by atoms with van der Waals surface area (Å²) in [6.45, 7) is 11.9. The highest BCUT2D eigenvalue weighted by Crippen LogP contribution is 2.44. The van der Waals surface area contributed by atoms with Crippen molar-refractivity contribution in [2.24, 2.45) is 11.1 Å². The number of alkyl halides is 4. The summed E-state index contributed by atoms with van der Waals surface area (Å²) in [6.07, 6.45) is -10.5. The SMILES string of the molecule is CC(C)(C)NC(CSC1CCC1SCC(NC(=O)CCC(C)(C)OCCC(C)(N)C(=O)C(C)(C)C)C(=O)NCCC(=O)OCC(=O)OC[C@@H]1O[C@H](n2ccc(N)nc2=O)C(F)(F)[C@H]1O)C(=O)NCCC(=O)OCC(=O)OC[C@@H]1O[C@H](n2ccc(N)nc2=O)C(F)(F)[C@H]1O. The van der Waals surface area contributed by atoms with E-state index in [-0.39, 0.29) is 84.8 Å². The Morgan fingerprint density at radius 3 is 1.51 bits per heavy atom. The molecular formula is C57H85F4N11O19S2. The number of esters is 4. The lowest BCUT2D eigenvalue weighted by molar-refractivity contribution is -0.162. The number of nitrogen functional groups attached to an aromatic ring is 2. The number of ether oxygens (including phenoxy) is 7. The van der Waals surface area contributed by atoms with E-state index < -0.39 is 169 Å². The van der Waals surface area contributed by atoms with E-state index in [9.17, 15) is 75.7 Å². The molecule has 0 spiro atoms. The van der Waals surface area contributed by atoms with Crippen molar-refractivity contribution in [1.82, 2.24) is 40.4 Å². The van der Waals surface area contributed by atoms with E-state index in [1.165, 1.54) is 23.5 Å². The van der Waals surface area contributed by atoms with Gasteiger partial charge in [-0.3, -0.25) is 37.9 Å². The van der Waals surface area contributed by atoms with Gasteiger partial charge in [0.2, 0.25) is 30.2 Å². The van der Waals surface area contributed by atoms with E-state index in [2.05, 4.69) is 31.2 Å². The first-order valence-electron chi connectivity index (χ1n) is 29.7. The van der Waals surface area contributed by atoms with Crippen molar-refractivity contribution < 1.29 is 99.3 Å². The summed E-state index contributed by atoms with van der Waals surface area (Å²) in [7, 11) is 0. The molecule has 2 aliphatic heterocycles. The van der Waals surface area contributed by atoms with Gasteiger partial charge >= 0.3 is 47.1 Å². The van der Waals surface area contributed by atoms with E-state index in [1.807, 2.05) is 20.8 Å². The van der Waals surface area contributed by atoms with Crippen molar-refractivity contribution in [3.05, 3.63) is 45.5 Å². The number of hydrogen-bond acceptors (Lipinski definition) is 27. The van der Waals surface area contributed by atoms with Crippen molar-refractivity contribution >= 4 is 82.5 Å². The molecule has 3 aliphatic rings. The Morgan fingerprint density at radius 1 is 0.667 bits per heavy atom. The number of nitrogens with zero attached hydrogens (tertiary/aromatic N) is 4. The Labute approximate surface area is 541 Å². The summed E-state index contributed by atoms with van der Waals surface area (Å²) >= 11 is 2.89. The molecule has 1 saturated carbocycles. The van der Waals surface area contributed by atoms with Gasteiger partial charge < -0.3 is 81.8 Å². The van der Waals surface area contributed by atoms with Gasteiger partial charge in [-0.25, -0.2) is 19.2 Å². The summed E-state index contributed by atoms with van der Waals surface area (Å²) in [5.41, 5.74) is 11.6. The number of nitrogens with one attached hydrogen (secondary N) is 4. The molecule has 3 amide bonds. The Balaban J connectivity index is 1.09. The molecule has 2 saturated heterocycles. The van der Waals surface area contributed by atoms with Crippen LogP contribution in [0.1, 0.15) is 120 Å². The normalized spacial score (nSPS) is 23.1. The fourth-order valence-corrected chi connectivity index (χ4v) is 12.6.